The number of aryl methyl sites for hydroxylation is 1. The molecule has 0 spiro atoms. The fourth-order valence-corrected chi connectivity index (χ4v) is 4.11. The summed E-state index contributed by atoms with van der Waals surface area (Å²) in [6.07, 6.45) is 5.02. The van der Waals surface area contributed by atoms with E-state index in [2.05, 4.69) is 23.1 Å². The summed E-state index contributed by atoms with van der Waals surface area (Å²) in [6.45, 7) is 1.13. The van der Waals surface area contributed by atoms with E-state index in [9.17, 15) is 5.11 Å². The lowest BCUT2D eigenvalue weighted by molar-refractivity contribution is 0.474. The van der Waals surface area contributed by atoms with Crippen LogP contribution in [0.3, 0.4) is 0 Å². The van der Waals surface area contributed by atoms with Crippen LogP contribution in [0.4, 0.5) is 0 Å². The van der Waals surface area contributed by atoms with Gasteiger partial charge in [-0.1, -0.05) is 6.07 Å². The molecule has 1 aromatic rings. The fraction of sp³-hybridized carbons (Fsp3) is 0.571. The molecular weight excluding hydrogens is 230 g/mol. The summed E-state index contributed by atoms with van der Waals surface area (Å²) in [6, 6.07) is 6.31. The van der Waals surface area contributed by atoms with Crippen molar-refractivity contribution in [3.8, 4) is 5.75 Å². The first kappa shape index (κ1) is 11.4. The van der Waals surface area contributed by atoms with Crippen molar-refractivity contribution in [1.29, 1.82) is 0 Å². The van der Waals surface area contributed by atoms with Crippen molar-refractivity contribution < 1.29 is 5.11 Å². The van der Waals surface area contributed by atoms with Crippen molar-refractivity contribution in [1.82, 2.24) is 5.32 Å². The third-order valence-corrected chi connectivity index (χ3v) is 5.22. The molecule has 2 unspecified atom stereocenters. The average molecular weight is 249 g/mol. The Kier molecular flexibility index (Phi) is 3.30. The average Bonchev–Trinajstić information content (AvgIpc) is 2.94. The van der Waals surface area contributed by atoms with Crippen molar-refractivity contribution in [2.45, 2.75) is 37.0 Å². The van der Waals surface area contributed by atoms with Crippen LogP contribution in [0.2, 0.25) is 0 Å². The molecule has 0 amide bonds. The Hall–Kier alpha value is -0.670. The highest BCUT2D eigenvalue weighted by molar-refractivity contribution is 8.00. The van der Waals surface area contributed by atoms with Crippen LogP contribution in [0.1, 0.15) is 36.4 Å². The topological polar surface area (TPSA) is 32.3 Å². The number of benzene rings is 1. The summed E-state index contributed by atoms with van der Waals surface area (Å²) in [5.74, 6) is 1.73. The van der Waals surface area contributed by atoms with E-state index in [1.807, 2.05) is 12.1 Å². The second-order valence-corrected chi connectivity index (χ2v) is 6.43. The van der Waals surface area contributed by atoms with Gasteiger partial charge in [0.1, 0.15) is 5.75 Å². The molecule has 2 N–H and O–H groups in total. The molecule has 0 radical (unpaired) electrons. The number of nitrogens with one attached hydrogen (secondary N) is 1. The maximum absolute atomic E-state index is 9.46. The number of hydrogen-bond acceptors (Lipinski definition) is 3. The second-order valence-electron chi connectivity index (χ2n) is 5.02. The van der Waals surface area contributed by atoms with Crippen LogP contribution in [0.5, 0.6) is 5.75 Å². The Bertz CT molecular complexity index is 401. The molecule has 2 nitrogen and oxygen atoms in total. The molecular formula is C14H19NOS. The van der Waals surface area contributed by atoms with E-state index < -0.39 is 0 Å². The third kappa shape index (κ3) is 2.45. The summed E-state index contributed by atoms with van der Waals surface area (Å²) >= 11 is 2.11. The van der Waals surface area contributed by atoms with Gasteiger partial charge in [-0.25, -0.2) is 0 Å². The zero-order chi connectivity index (χ0) is 11.7. The van der Waals surface area contributed by atoms with Crippen molar-refractivity contribution >= 4 is 11.8 Å². The summed E-state index contributed by atoms with van der Waals surface area (Å²) < 4.78 is 0. The van der Waals surface area contributed by atoms with Gasteiger partial charge < -0.3 is 10.4 Å². The van der Waals surface area contributed by atoms with Crippen molar-refractivity contribution in [3.05, 3.63) is 29.3 Å². The van der Waals surface area contributed by atoms with Crippen LogP contribution in [-0.2, 0) is 6.42 Å². The smallest absolute Gasteiger partial charge is 0.115 e. The highest BCUT2D eigenvalue weighted by Crippen LogP contribution is 2.34. The summed E-state index contributed by atoms with van der Waals surface area (Å²) in [5.41, 5.74) is 2.72. The molecule has 17 heavy (non-hydrogen) atoms. The summed E-state index contributed by atoms with van der Waals surface area (Å²) in [4.78, 5) is 0. The maximum atomic E-state index is 9.46. The van der Waals surface area contributed by atoms with Crippen molar-refractivity contribution in [2.75, 3.05) is 12.3 Å². The lowest BCUT2D eigenvalue weighted by Gasteiger charge is -2.17. The van der Waals surface area contributed by atoms with Crippen LogP contribution in [-0.4, -0.2) is 22.7 Å². The van der Waals surface area contributed by atoms with E-state index in [1.54, 1.807) is 0 Å². The minimum absolute atomic E-state index is 0.399. The minimum atomic E-state index is 0.399. The van der Waals surface area contributed by atoms with E-state index in [4.69, 9.17) is 0 Å². The van der Waals surface area contributed by atoms with Gasteiger partial charge in [0.05, 0.1) is 0 Å². The highest BCUT2D eigenvalue weighted by atomic mass is 32.2. The van der Waals surface area contributed by atoms with E-state index >= 15 is 0 Å². The van der Waals surface area contributed by atoms with E-state index in [-0.39, 0.29) is 0 Å². The maximum Gasteiger partial charge on any atom is 0.115 e. The monoisotopic (exact) mass is 249 g/mol. The van der Waals surface area contributed by atoms with E-state index in [0.29, 0.717) is 11.8 Å². The molecule has 3 rings (SSSR count). The summed E-state index contributed by atoms with van der Waals surface area (Å²) in [7, 11) is 0. The van der Waals surface area contributed by atoms with Gasteiger partial charge in [0.25, 0.3) is 0 Å². The minimum Gasteiger partial charge on any atom is -0.508 e. The fourth-order valence-electron chi connectivity index (χ4n) is 2.89. The molecule has 0 saturated carbocycles. The number of phenols is 1. The van der Waals surface area contributed by atoms with Gasteiger partial charge in [-0.15, -0.1) is 0 Å². The van der Waals surface area contributed by atoms with Gasteiger partial charge in [0.15, 0.2) is 0 Å². The molecule has 1 fully saturated rings. The summed E-state index contributed by atoms with van der Waals surface area (Å²) in [5, 5.41) is 14.0. The SMILES string of the molecule is Oc1ccc2c(c1)CCC2NCC1CCCS1. The number of thioether (sulfide) groups is 1. The predicted molar refractivity (Wildman–Crippen MR) is 72.7 cm³/mol. The second kappa shape index (κ2) is 4.91. The van der Waals surface area contributed by atoms with Gasteiger partial charge in [0.2, 0.25) is 0 Å². The number of phenolic OH excluding ortho intramolecular Hbond substituents is 1. The first-order valence-corrected chi connectivity index (χ1v) is 7.54. The number of aromatic hydroxyl groups is 1. The standard InChI is InChI=1S/C14H19NOS/c16-11-4-5-13-10(8-11)3-6-14(13)15-9-12-2-1-7-17-12/h4-5,8,12,14-16H,1-3,6-7,9H2. The molecule has 1 saturated heterocycles. The molecule has 92 valence electrons. The first-order chi connectivity index (χ1) is 8.33. The molecule has 1 aliphatic carbocycles. The zero-order valence-corrected chi connectivity index (χ0v) is 10.8. The van der Waals surface area contributed by atoms with Crippen LogP contribution < -0.4 is 5.32 Å². The zero-order valence-electron chi connectivity index (χ0n) is 9.98. The molecule has 3 heteroatoms. The Morgan fingerprint density at radius 3 is 3.12 bits per heavy atom. The molecule has 1 aliphatic heterocycles. The molecule has 0 aromatic heterocycles. The van der Waals surface area contributed by atoms with Gasteiger partial charge in [-0.2, -0.15) is 11.8 Å². The van der Waals surface area contributed by atoms with Gasteiger partial charge >= 0.3 is 0 Å². The van der Waals surface area contributed by atoms with Crippen molar-refractivity contribution in [2.24, 2.45) is 0 Å². The van der Waals surface area contributed by atoms with E-state index in [1.165, 1.54) is 36.1 Å². The van der Waals surface area contributed by atoms with Gasteiger partial charge in [-0.05, 0) is 54.7 Å². The Morgan fingerprint density at radius 1 is 1.35 bits per heavy atom. The van der Waals surface area contributed by atoms with Crippen LogP contribution in [0.25, 0.3) is 0 Å². The number of hydrogen-bond donors (Lipinski definition) is 2. The molecule has 1 aromatic carbocycles. The van der Waals surface area contributed by atoms with E-state index in [0.717, 1.165) is 18.2 Å². The highest BCUT2D eigenvalue weighted by Gasteiger charge is 2.24. The van der Waals surface area contributed by atoms with Crippen LogP contribution in [0, 0.1) is 0 Å². The molecule has 1 heterocycles. The largest absolute Gasteiger partial charge is 0.508 e. The number of fused-ring (bicyclic) bond motifs is 1. The predicted octanol–water partition coefficient (Wildman–Crippen LogP) is 2.86. The van der Waals surface area contributed by atoms with Gasteiger partial charge in [-0.3, -0.25) is 0 Å². The Morgan fingerprint density at radius 2 is 2.29 bits per heavy atom. The first-order valence-electron chi connectivity index (χ1n) is 6.50. The third-order valence-electron chi connectivity index (χ3n) is 3.82. The van der Waals surface area contributed by atoms with Gasteiger partial charge in [0, 0.05) is 17.8 Å². The lowest BCUT2D eigenvalue weighted by Crippen LogP contribution is -2.26. The van der Waals surface area contributed by atoms with Crippen LogP contribution in [0.15, 0.2) is 18.2 Å². The van der Waals surface area contributed by atoms with Crippen molar-refractivity contribution in [3.63, 3.8) is 0 Å². The normalized spacial score (nSPS) is 27.3. The quantitative estimate of drug-likeness (QED) is 0.864. The lowest BCUT2D eigenvalue weighted by atomic mass is 10.1. The molecule has 2 atom stereocenters. The number of rotatable bonds is 3. The molecule has 2 aliphatic rings. The Balaban J connectivity index is 1.63. The Labute approximate surface area is 107 Å². The molecule has 0 bridgehead atoms. The van der Waals surface area contributed by atoms with Crippen LogP contribution >= 0.6 is 11.8 Å².